The quantitative estimate of drug-likeness (QED) is 0.483. The largest absolute Gasteiger partial charge is 0.343 e. The number of nitro groups is 1. The Kier molecular flexibility index (Phi) is 3.69. The molecule has 0 amide bonds. The maximum atomic E-state index is 11.1. The number of benzene rings is 2. The van der Waals surface area contributed by atoms with Crippen LogP contribution in [0.1, 0.15) is 5.56 Å². The Balaban J connectivity index is 2.05. The Morgan fingerprint density at radius 2 is 2.00 bits per heavy atom. The molecular weight excluding hydrogens is 356 g/mol. The van der Waals surface area contributed by atoms with Crippen LogP contribution in [0.3, 0.4) is 0 Å². The SMILES string of the molecule is O=[N+]([O-])c1cc(Cl)ccc1Cn1ccc2cc(Br)ccc21. The van der Waals surface area contributed by atoms with Crippen molar-refractivity contribution in [2.45, 2.75) is 6.54 Å². The van der Waals surface area contributed by atoms with Crippen molar-refractivity contribution in [1.82, 2.24) is 4.57 Å². The van der Waals surface area contributed by atoms with E-state index < -0.39 is 4.92 Å². The van der Waals surface area contributed by atoms with Crippen LogP contribution < -0.4 is 0 Å². The number of fused-ring (bicyclic) bond motifs is 1. The average molecular weight is 366 g/mol. The van der Waals surface area contributed by atoms with E-state index in [1.807, 2.05) is 35.0 Å². The molecule has 0 saturated carbocycles. The third-order valence-electron chi connectivity index (χ3n) is 3.32. The molecule has 106 valence electrons. The Hall–Kier alpha value is -1.85. The van der Waals surface area contributed by atoms with Crippen molar-refractivity contribution in [3.63, 3.8) is 0 Å². The predicted octanol–water partition coefficient (Wildman–Crippen LogP) is 5.01. The fourth-order valence-electron chi connectivity index (χ4n) is 2.33. The highest BCUT2D eigenvalue weighted by Gasteiger charge is 2.15. The third-order valence-corrected chi connectivity index (χ3v) is 4.05. The standard InChI is InChI=1S/C15H10BrClN2O2/c16-12-2-4-14-10(7-12)5-6-18(14)9-11-1-3-13(17)8-15(11)19(20)21/h1-8H,9H2. The predicted molar refractivity (Wildman–Crippen MR) is 86.8 cm³/mol. The first-order valence-corrected chi connectivity index (χ1v) is 7.39. The van der Waals surface area contributed by atoms with Gasteiger partial charge in [-0.3, -0.25) is 10.1 Å². The summed E-state index contributed by atoms with van der Waals surface area (Å²) in [6.45, 7) is 0.429. The van der Waals surface area contributed by atoms with Gasteiger partial charge in [0.2, 0.25) is 0 Å². The van der Waals surface area contributed by atoms with Crippen LogP contribution in [0.15, 0.2) is 53.1 Å². The van der Waals surface area contributed by atoms with Crippen molar-refractivity contribution in [2.24, 2.45) is 0 Å². The van der Waals surface area contributed by atoms with E-state index in [9.17, 15) is 10.1 Å². The molecule has 0 aliphatic carbocycles. The Bertz CT molecular complexity index is 845. The summed E-state index contributed by atoms with van der Waals surface area (Å²) in [6, 6.07) is 12.7. The van der Waals surface area contributed by atoms with Crippen molar-refractivity contribution >= 4 is 44.1 Å². The highest BCUT2D eigenvalue weighted by molar-refractivity contribution is 9.10. The van der Waals surface area contributed by atoms with Crippen LogP contribution >= 0.6 is 27.5 Å². The molecule has 0 N–H and O–H groups in total. The molecule has 0 radical (unpaired) electrons. The lowest BCUT2D eigenvalue weighted by Crippen LogP contribution is -2.02. The van der Waals surface area contributed by atoms with Crippen molar-refractivity contribution < 1.29 is 4.92 Å². The van der Waals surface area contributed by atoms with Gasteiger partial charge in [0.15, 0.2) is 0 Å². The molecular formula is C15H10BrClN2O2. The van der Waals surface area contributed by atoms with E-state index in [1.165, 1.54) is 6.07 Å². The number of nitro benzene ring substituents is 1. The van der Waals surface area contributed by atoms with E-state index in [-0.39, 0.29) is 5.69 Å². The van der Waals surface area contributed by atoms with Gasteiger partial charge in [-0.2, -0.15) is 0 Å². The van der Waals surface area contributed by atoms with E-state index >= 15 is 0 Å². The first kappa shape index (κ1) is 14.1. The average Bonchev–Trinajstić information content (AvgIpc) is 2.82. The van der Waals surface area contributed by atoms with Gasteiger partial charge in [0, 0.05) is 38.2 Å². The van der Waals surface area contributed by atoms with E-state index in [0.717, 1.165) is 15.4 Å². The Labute approximate surface area is 134 Å². The van der Waals surface area contributed by atoms with E-state index in [2.05, 4.69) is 15.9 Å². The summed E-state index contributed by atoms with van der Waals surface area (Å²) in [7, 11) is 0. The fourth-order valence-corrected chi connectivity index (χ4v) is 2.88. The molecule has 0 fully saturated rings. The summed E-state index contributed by atoms with van der Waals surface area (Å²) in [6.07, 6.45) is 1.93. The molecule has 0 atom stereocenters. The number of hydrogen-bond acceptors (Lipinski definition) is 2. The summed E-state index contributed by atoms with van der Waals surface area (Å²) >= 11 is 9.27. The molecule has 6 heteroatoms. The minimum absolute atomic E-state index is 0.0430. The molecule has 21 heavy (non-hydrogen) atoms. The van der Waals surface area contributed by atoms with Crippen molar-refractivity contribution in [2.75, 3.05) is 0 Å². The second-order valence-corrected chi connectivity index (χ2v) is 6.03. The highest BCUT2D eigenvalue weighted by Crippen LogP contribution is 2.26. The van der Waals surface area contributed by atoms with Gasteiger partial charge in [0.1, 0.15) is 0 Å². The van der Waals surface area contributed by atoms with Gasteiger partial charge in [-0.05, 0) is 36.4 Å². The molecule has 0 aliphatic heterocycles. The molecule has 1 aromatic heterocycles. The van der Waals surface area contributed by atoms with Crippen molar-refractivity contribution in [1.29, 1.82) is 0 Å². The van der Waals surface area contributed by atoms with Crippen LogP contribution in [-0.2, 0) is 6.54 Å². The van der Waals surface area contributed by atoms with Crippen LogP contribution in [-0.4, -0.2) is 9.49 Å². The number of rotatable bonds is 3. The Morgan fingerprint density at radius 3 is 2.76 bits per heavy atom. The van der Waals surface area contributed by atoms with Gasteiger partial charge >= 0.3 is 0 Å². The van der Waals surface area contributed by atoms with Gasteiger partial charge in [-0.1, -0.05) is 27.5 Å². The third kappa shape index (κ3) is 2.80. The molecule has 0 spiro atoms. The molecule has 4 nitrogen and oxygen atoms in total. The van der Waals surface area contributed by atoms with Gasteiger partial charge in [0.25, 0.3) is 5.69 Å². The number of halogens is 2. The van der Waals surface area contributed by atoms with Gasteiger partial charge in [-0.15, -0.1) is 0 Å². The normalized spacial score (nSPS) is 11.0. The van der Waals surface area contributed by atoms with Crippen molar-refractivity contribution in [3.05, 3.63) is 73.8 Å². The van der Waals surface area contributed by atoms with E-state index in [4.69, 9.17) is 11.6 Å². The monoisotopic (exact) mass is 364 g/mol. The first-order valence-electron chi connectivity index (χ1n) is 6.22. The second kappa shape index (κ2) is 5.50. The van der Waals surface area contributed by atoms with Crippen LogP contribution in [0.2, 0.25) is 5.02 Å². The lowest BCUT2D eigenvalue weighted by atomic mass is 10.1. The number of nitrogens with zero attached hydrogens (tertiary/aromatic N) is 2. The van der Waals surface area contributed by atoms with Crippen LogP contribution in [0, 0.1) is 10.1 Å². The summed E-state index contributed by atoms with van der Waals surface area (Å²) in [5.74, 6) is 0. The topological polar surface area (TPSA) is 48.1 Å². The van der Waals surface area contributed by atoms with Crippen LogP contribution in [0.4, 0.5) is 5.69 Å². The zero-order valence-corrected chi connectivity index (χ0v) is 13.1. The minimum Gasteiger partial charge on any atom is -0.343 e. The lowest BCUT2D eigenvalue weighted by molar-refractivity contribution is -0.385. The minimum atomic E-state index is -0.399. The smallest absolute Gasteiger partial charge is 0.275 e. The molecule has 3 aromatic rings. The first-order chi connectivity index (χ1) is 10.0. The molecule has 0 aliphatic rings. The molecule has 0 bridgehead atoms. The summed E-state index contributed by atoms with van der Waals surface area (Å²) < 4.78 is 2.99. The van der Waals surface area contributed by atoms with Gasteiger partial charge < -0.3 is 4.57 Å². The van der Waals surface area contributed by atoms with Crippen LogP contribution in [0.25, 0.3) is 10.9 Å². The molecule has 3 rings (SSSR count). The summed E-state index contributed by atoms with van der Waals surface area (Å²) in [5.41, 5.74) is 1.70. The van der Waals surface area contributed by atoms with E-state index in [0.29, 0.717) is 17.1 Å². The Morgan fingerprint density at radius 1 is 1.19 bits per heavy atom. The fraction of sp³-hybridized carbons (Fsp3) is 0.0667. The maximum absolute atomic E-state index is 11.1. The summed E-state index contributed by atoms with van der Waals surface area (Å²) in [5, 5.41) is 12.6. The van der Waals surface area contributed by atoms with Crippen molar-refractivity contribution in [3.8, 4) is 0 Å². The maximum Gasteiger partial charge on any atom is 0.275 e. The number of aromatic nitrogens is 1. The number of hydrogen-bond donors (Lipinski definition) is 0. The lowest BCUT2D eigenvalue weighted by Gasteiger charge is -2.07. The molecule has 0 unspecified atom stereocenters. The zero-order valence-electron chi connectivity index (χ0n) is 10.8. The molecule has 0 saturated heterocycles. The molecule has 1 heterocycles. The van der Waals surface area contributed by atoms with E-state index in [1.54, 1.807) is 12.1 Å². The van der Waals surface area contributed by atoms with Gasteiger partial charge in [0.05, 0.1) is 11.5 Å². The summed E-state index contributed by atoms with van der Waals surface area (Å²) in [4.78, 5) is 10.7. The zero-order chi connectivity index (χ0) is 15.0. The second-order valence-electron chi connectivity index (χ2n) is 4.68. The highest BCUT2D eigenvalue weighted by atomic mass is 79.9. The van der Waals surface area contributed by atoms with Gasteiger partial charge in [-0.25, -0.2) is 0 Å². The van der Waals surface area contributed by atoms with Crippen LogP contribution in [0.5, 0.6) is 0 Å². The molecule has 2 aromatic carbocycles.